The van der Waals surface area contributed by atoms with Crippen molar-refractivity contribution in [2.45, 2.75) is 77.2 Å². The summed E-state index contributed by atoms with van der Waals surface area (Å²) in [4.78, 5) is 49.6. The summed E-state index contributed by atoms with van der Waals surface area (Å²) in [6.07, 6.45) is 5.04. The molecule has 3 amide bonds. The molecule has 240 valence electrons. The molecule has 2 unspecified atom stereocenters. The van der Waals surface area contributed by atoms with Crippen molar-refractivity contribution in [3.63, 3.8) is 0 Å². The third kappa shape index (κ3) is 5.12. The van der Waals surface area contributed by atoms with Crippen LogP contribution in [0.25, 0.3) is 0 Å². The Labute approximate surface area is 267 Å². The fourth-order valence-electron chi connectivity index (χ4n) is 8.22. The van der Waals surface area contributed by atoms with Crippen LogP contribution in [0, 0.1) is 31.6 Å². The van der Waals surface area contributed by atoms with E-state index in [9.17, 15) is 14.7 Å². The first-order valence-corrected chi connectivity index (χ1v) is 16.1. The van der Waals surface area contributed by atoms with Gasteiger partial charge >= 0.3 is 0 Å². The molecule has 0 aliphatic carbocycles. The average Bonchev–Trinajstić information content (AvgIpc) is 3.60. The molecule has 8 nitrogen and oxygen atoms in total. The lowest BCUT2D eigenvalue weighted by Gasteiger charge is -2.41. The van der Waals surface area contributed by atoms with Gasteiger partial charge in [0.15, 0.2) is 0 Å². The van der Waals surface area contributed by atoms with Crippen LogP contribution in [-0.4, -0.2) is 70.7 Å². The first-order chi connectivity index (χ1) is 21.5. The number of likely N-dealkylation sites (tertiary alicyclic amines) is 1. The van der Waals surface area contributed by atoms with Crippen LogP contribution in [0.4, 0.5) is 11.4 Å². The number of carbonyl (C=O) groups is 3. The van der Waals surface area contributed by atoms with E-state index in [2.05, 4.69) is 13.2 Å². The quantitative estimate of drug-likeness (QED) is 0.332. The molecule has 0 saturated carbocycles. The van der Waals surface area contributed by atoms with Crippen LogP contribution in [0.1, 0.15) is 51.2 Å². The van der Waals surface area contributed by atoms with Crippen molar-refractivity contribution in [3.8, 4) is 0 Å². The third-order valence-corrected chi connectivity index (χ3v) is 10.5. The zero-order valence-electron chi connectivity index (χ0n) is 27.2. The zero-order valence-corrected chi connectivity index (χ0v) is 27.2. The van der Waals surface area contributed by atoms with Crippen molar-refractivity contribution in [3.05, 3.63) is 85.0 Å². The summed E-state index contributed by atoms with van der Waals surface area (Å²) in [5.74, 6) is -2.60. The minimum Gasteiger partial charge on any atom is -0.394 e. The average molecular weight is 614 g/mol. The van der Waals surface area contributed by atoms with Gasteiger partial charge in [-0.1, -0.05) is 68.8 Å². The van der Waals surface area contributed by atoms with Crippen molar-refractivity contribution < 1.29 is 24.2 Å². The number of fused-ring (bicyclic) bond motifs is 1. The van der Waals surface area contributed by atoms with Crippen LogP contribution in [0.15, 0.2) is 73.8 Å². The van der Waals surface area contributed by atoms with Crippen LogP contribution in [0.2, 0.25) is 0 Å². The molecule has 2 aromatic rings. The highest BCUT2D eigenvalue weighted by Gasteiger charge is 2.79. The Morgan fingerprint density at radius 3 is 2.22 bits per heavy atom. The van der Waals surface area contributed by atoms with Gasteiger partial charge in [-0.3, -0.25) is 14.4 Å². The number of nitrogens with zero attached hydrogens (tertiary/aromatic N) is 3. The number of benzene rings is 2. The molecule has 0 aromatic heterocycles. The van der Waals surface area contributed by atoms with Gasteiger partial charge in [0, 0.05) is 24.5 Å². The second kappa shape index (κ2) is 12.6. The van der Waals surface area contributed by atoms with E-state index in [1.54, 1.807) is 26.9 Å². The summed E-state index contributed by atoms with van der Waals surface area (Å²) in [5.41, 5.74) is 1.16. The second-order valence-electron chi connectivity index (χ2n) is 13.2. The maximum Gasteiger partial charge on any atom is 0.253 e. The summed E-state index contributed by atoms with van der Waals surface area (Å²) in [7, 11) is 0. The molecule has 2 bridgehead atoms. The standard InChI is InChI=1S/C37H47N3O5/c1-8-21-38(27-17-12-11-13-18-27)33(42)29-30-34(43)40(28(23-41)24(4)10-3)32(37(30)20-19-36(29,7)45-37)35(44)39(22-9-2)31-25(5)15-14-16-26(31)6/h8-9,11-18,24,28-30,32,41H,1-2,10,19-23H2,3-7H3/t24-,28-,29-,30-,32?,36+,37?/m0/s1. The lowest BCUT2D eigenvalue weighted by atomic mass is 9.66. The molecule has 2 aromatic carbocycles. The summed E-state index contributed by atoms with van der Waals surface area (Å²) < 4.78 is 6.95. The number of aryl methyl sites for hydroxylation is 2. The molecule has 8 heteroatoms. The highest BCUT2D eigenvalue weighted by molar-refractivity contribution is 6.07. The highest BCUT2D eigenvalue weighted by atomic mass is 16.5. The minimum absolute atomic E-state index is 0.0963. The molecule has 1 spiro atoms. The molecule has 3 fully saturated rings. The normalized spacial score (nSPS) is 28.0. The smallest absolute Gasteiger partial charge is 0.253 e. The number of rotatable bonds is 12. The third-order valence-electron chi connectivity index (χ3n) is 10.5. The summed E-state index contributed by atoms with van der Waals surface area (Å²) >= 11 is 0. The first kappa shape index (κ1) is 32.6. The van der Waals surface area contributed by atoms with E-state index in [0.717, 1.165) is 16.8 Å². The van der Waals surface area contributed by atoms with Gasteiger partial charge in [-0.15, -0.1) is 13.2 Å². The van der Waals surface area contributed by atoms with Gasteiger partial charge < -0.3 is 24.5 Å². The van der Waals surface area contributed by atoms with Crippen molar-refractivity contribution in [1.29, 1.82) is 0 Å². The Balaban J connectivity index is 1.67. The lowest BCUT2D eigenvalue weighted by Crippen LogP contribution is -2.60. The first-order valence-electron chi connectivity index (χ1n) is 16.1. The molecule has 3 heterocycles. The van der Waals surface area contributed by atoms with Gasteiger partial charge in [-0.2, -0.15) is 0 Å². The maximum absolute atomic E-state index is 15.1. The number of para-hydroxylation sites is 2. The van der Waals surface area contributed by atoms with Crippen LogP contribution in [0.5, 0.6) is 0 Å². The van der Waals surface area contributed by atoms with E-state index in [4.69, 9.17) is 4.74 Å². The van der Waals surface area contributed by atoms with Gasteiger partial charge in [0.2, 0.25) is 11.8 Å². The predicted molar refractivity (Wildman–Crippen MR) is 177 cm³/mol. The number of amides is 3. The van der Waals surface area contributed by atoms with Gasteiger partial charge in [0.05, 0.1) is 30.1 Å². The van der Waals surface area contributed by atoms with E-state index >= 15 is 4.79 Å². The number of aliphatic hydroxyl groups excluding tert-OH is 1. The number of hydrogen-bond acceptors (Lipinski definition) is 5. The Morgan fingerprint density at radius 1 is 1.02 bits per heavy atom. The summed E-state index contributed by atoms with van der Waals surface area (Å²) in [6, 6.07) is 13.6. The molecule has 3 aliphatic rings. The molecule has 1 N–H and O–H groups in total. The monoisotopic (exact) mass is 613 g/mol. The van der Waals surface area contributed by atoms with E-state index in [0.29, 0.717) is 24.9 Å². The van der Waals surface area contributed by atoms with Crippen LogP contribution in [-0.2, 0) is 19.1 Å². The summed E-state index contributed by atoms with van der Waals surface area (Å²) in [5, 5.41) is 10.8. The fourth-order valence-corrected chi connectivity index (χ4v) is 8.22. The number of ether oxygens (including phenoxy) is 1. The molecular formula is C37H47N3O5. The van der Waals surface area contributed by atoms with Crippen LogP contribution >= 0.6 is 0 Å². The van der Waals surface area contributed by atoms with Crippen molar-refractivity contribution in [2.75, 3.05) is 29.5 Å². The predicted octanol–water partition coefficient (Wildman–Crippen LogP) is 5.21. The molecule has 3 saturated heterocycles. The highest BCUT2D eigenvalue weighted by Crippen LogP contribution is 2.64. The van der Waals surface area contributed by atoms with E-state index in [-0.39, 0.29) is 43.3 Å². The molecule has 3 aliphatic heterocycles. The van der Waals surface area contributed by atoms with E-state index in [1.165, 1.54) is 0 Å². The summed E-state index contributed by atoms with van der Waals surface area (Å²) in [6.45, 7) is 17.8. The Kier molecular flexibility index (Phi) is 9.11. The number of carbonyl (C=O) groups excluding carboxylic acids is 3. The topological polar surface area (TPSA) is 90.4 Å². The Hall–Kier alpha value is -3.75. The van der Waals surface area contributed by atoms with Crippen molar-refractivity contribution in [1.82, 2.24) is 4.90 Å². The lowest BCUT2D eigenvalue weighted by molar-refractivity contribution is -0.149. The van der Waals surface area contributed by atoms with Crippen LogP contribution in [0.3, 0.4) is 0 Å². The molecule has 0 radical (unpaired) electrons. The van der Waals surface area contributed by atoms with Gasteiger partial charge in [-0.25, -0.2) is 0 Å². The number of anilines is 2. The van der Waals surface area contributed by atoms with Crippen molar-refractivity contribution in [2.24, 2.45) is 17.8 Å². The van der Waals surface area contributed by atoms with E-state index < -0.39 is 35.1 Å². The van der Waals surface area contributed by atoms with Gasteiger partial charge in [0.1, 0.15) is 11.6 Å². The van der Waals surface area contributed by atoms with Crippen LogP contribution < -0.4 is 9.80 Å². The fraction of sp³-hybridized carbons (Fsp3) is 0.486. The largest absolute Gasteiger partial charge is 0.394 e. The minimum atomic E-state index is -1.23. The van der Waals surface area contributed by atoms with E-state index in [1.807, 2.05) is 83.1 Å². The zero-order chi connectivity index (χ0) is 32.7. The molecular weight excluding hydrogens is 566 g/mol. The second-order valence-corrected chi connectivity index (χ2v) is 13.2. The van der Waals surface area contributed by atoms with Gasteiger partial charge in [0.25, 0.3) is 5.91 Å². The maximum atomic E-state index is 15.1. The molecule has 5 rings (SSSR count). The Morgan fingerprint density at radius 2 is 1.64 bits per heavy atom. The Bertz CT molecular complexity index is 1460. The number of aliphatic hydroxyl groups is 1. The number of hydrogen-bond donors (Lipinski definition) is 1. The SMILES string of the molecule is C=CCN(C(=O)[C@@H]1[C@H]2C(=O)N([C@@H](CO)[C@@H](C)CC)C(C(=O)N(CC=C)c3c(C)cccc3C)C23CC[C@@]1(C)O3)c1ccccc1. The van der Waals surface area contributed by atoms with Gasteiger partial charge in [-0.05, 0) is 62.8 Å². The van der Waals surface area contributed by atoms with Crippen molar-refractivity contribution >= 4 is 29.1 Å². The molecule has 45 heavy (non-hydrogen) atoms. The molecule has 7 atom stereocenters.